The third-order valence-electron chi connectivity index (χ3n) is 2.02. The maximum absolute atomic E-state index is 11.7. The van der Waals surface area contributed by atoms with Gasteiger partial charge in [0.05, 0.1) is 22.7 Å². The van der Waals surface area contributed by atoms with Crippen molar-refractivity contribution in [1.82, 2.24) is 4.98 Å². The Morgan fingerprint density at radius 3 is 2.50 bits per heavy atom. The number of nitrogens with zero attached hydrogens (tertiary/aromatic N) is 1. The van der Waals surface area contributed by atoms with E-state index in [-0.39, 0.29) is 11.7 Å². The Balaban J connectivity index is 2.60. The summed E-state index contributed by atoms with van der Waals surface area (Å²) in [6.07, 6.45) is 1.52. The maximum atomic E-state index is 11.7. The van der Waals surface area contributed by atoms with Gasteiger partial charge in [-0.15, -0.1) is 0 Å². The van der Waals surface area contributed by atoms with E-state index in [1.165, 1.54) is 6.20 Å². The number of rotatable bonds is 4. The van der Waals surface area contributed by atoms with E-state index in [2.05, 4.69) is 10.3 Å². The zero-order chi connectivity index (χ0) is 13.8. The van der Waals surface area contributed by atoms with Gasteiger partial charge < -0.3 is 10.4 Å². The number of carboxylic acid groups (broad SMARTS) is 1. The van der Waals surface area contributed by atoms with Crippen LogP contribution < -0.4 is 5.32 Å². The van der Waals surface area contributed by atoms with Crippen molar-refractivity contribution in [3.8, 4) is 0 Å². The number of carboxylic acids is 1. The van der Waals surface area contributed by atoms with Crippen LogP contribution in [0.1, 0.15) is 20.8 Å². The third kappa shape index (κ3) is 4.75. The summed E-state index contributed by atoms with van der Waals surface area (Å²) in [6.45, 7) is 5.48. The number of aliphatic carboxylic acids is 1. The molecule has 0 fully saturated rings. The quantitative estimate of drug-likeness (QED) is 0.819. The molecule has 1 rings (SSSR count). The first kappa shape index (κ1) is 14.5. The number of hydrogen-bond acceptors (Lipinski definition) is 4. The molecule has 0 saturated carbocycles. The number of amides is 1. The topological polar surface area (TPSA) is 79.3 Å². The first-order chi connectivity index (χ1) is 8.29. The molecule has 0 aromatic carbocycles. The summed E-state index contributed by atoms with van der Waals surface area (Å²) in [4.78, 5) is 26.2. The fraction of sp³-hybridized carbons (Fsp3) is 0.417. The fourth-order valence-corrected chi connectivity index (χ4v) is 1.56. The van der Waals surface area contributed by atoms with Gasteiger partial charge in [0.2, 0.25) is 5.91 Å². The number of carbonyl (C=O) groups excluding carboxylic acids is 1. The van der Waals surface area contributed by atoms with Crippen LogP contribution in [-0.2, 0) is 9.59 Å². The predicted molar refractivity (Wildman–Crippen MR) is 70.7 cm³/mol. The third-order valence-corrected chi connectivity index (χ3v) is 2.95. The summed E-state index contributed by atoms with van der Waals surface area (Å²) in [5, 5.41) is 11.9. The van der Waals surface area contributed by atoms with Gasteiger partial charge >= 0.3 is 5.97 Å². The Morgan fingerprint density at radius 1 is 1.39 bits per heavy atom. The Labute approximate surface area is 110 Å². The number of aromatic nitrogens is 1. The van der Waals surface area contributed by atoms with Crippen LogP contribution >= 0.6 is 11.8 Å². The Hall–Kier alpha value is -1.56. The molecular weight excluding hydrogens is 252 g/mol. The van der Waals surface area contributed by atoms with Crippen molar-refractivity contribution in [1.29, 1.82) is 0 Å². The normalized spacial score (nSPS) is 11.1. The molecule has 0 atom stereocenters. The lowest BCUT2D eigenvalue weighted by Gasteiger charge is -2.17. The second-order valence-corrected chi connectivity index (χ2v) is 5.77. The zero-order valence-corrected chi connectivity index (χ0v) is 11.4. The van der Waals surface area contributed by atoms with Crippen LogP contribution in [0.15, 0.2) is 23.4 Å². The summed E-state index contributed by atoms with van der Waals surface area (Å²) in [6, 6.07) is 3.40. The van der Waals surface area contributed by atoms with Crippen molar-refractivity contribution in [3.63, 3.8) is 0 Å². The van der Waals surface area contributed by atoms with Crippen LogP contribution in [0.3, 0.4) is 0 Å². The van der Waals surface area contributed by atoms with E-state index in [1.54, 1.807) is 12.1 Å². The van der Waals surface area contributed by atoms with E-state index in [0.29, 0.717) is 10.7 Å². The molecule has 0 aliphatic rings. The number of pyridine rings is 1. The maximum Gasteiger partial charge on any atom is 0.313 e. The highest BCUT2D eigenvalue weighted by Gasteiger charge is 2.21. The average molecular weight is 268 g/mol. The second kappa shape index (κ2) is 5.86. The van der Waals surface area contributed by atoms with E-state index in [9.17, 15) is 9.59 Å². The molecule has 1 aromatic heterocycles. The van der Waals surface area contributed by atoms with Gasteiger partial charge in [-0.1, -0.05) is 32.5 Å². The number of hydrogen-bond donors (Lipinski definition) is 2. The van der Waals surface area contributed by atoms with Crippen molar-refractivity contribution >= 4 is 29.3 Å². The highest BCUT2D eigenvalue weighted by molar-refractivity contribution is 7.99. The van der Waals surface area contributed by atoms with Crippen molar-refractivity contribution in [3.05, 3.63) is 18.3 Å². The molecule has 1 heterocycles. The van der Waals surface area contributed by atoms with Crippen LogP contribution in [0.2, 0.25) is 0 Å². The van der Waals surface area contributed by atoms with E-state index in [0.717, 1.165) is 11.8 Å². The lowest BCUT2D eigenvalue weighted by Crippen LogP contribution is -2.27. The molecule has 0 spiro atoms. The molecule has 18 heavy (non-hydrogen) atoms. The van der Waals surface area contributed by atoms with Crippen molar-refractivity contribution in [2.24, 2.45) is 5.41 Å². The number of anilines is 1. The number of thioether (sulfide) groups is 1. The van der Waals surface area contributed by atoms with Gasteiger partial charge in [-0.2, -0.15) is 0 Å². The van der Waals surface area contributed by atoms with Gasteiger partial charge in [0.1, 0.15) is 0 Å². The van der Waals surface area contributed by atoms with E-state index in [1.807, 2.05) is 20.8 Å². The van der Waals surface area contributed by atoms with Gasteiger partial charge in [-0.25, -0.2) is 4.98 Å². The minimum absolute atomic E-state index is 0.0271. The summed E-state index contributed by atoms with van der Waals surface area (Å²) in [7, 11) is 0. The van der Waals surface area contributed by atoms with Gasteiger partial charge in [0.15, 0.2) is 0 Å². The van der Waals surface area contributed by atoms with Crippen molar-refractivity contribution in [2.45, 2.75) is 25.8 Å². The van der Waals surface area contributed by atoms with Crippen LogP contribution in [0.4, 0.5) is 5.69 Å². The highest BCUT2D eigenvalue weighted by atomic mass is 32.2. The van der Waals surface area contributed by atoms with Gasteiger partial charge in [0, 0.05) is 5.41 Å². The lowest BCUT2D eigenvalue weighted by molar-refractivity contribution is -0.134. The molecule has 1 amide bonds. The zero-order valence-electron chi connectivity index (χ0n) is 10.6. The van der Waals surface area contributed by atoms with Crippen LogP contribution in [-0.4, -0.2) is 27.7 Å². The Morgan fingerprint density at radius 2 is 2.06 bits per heavy atom. The minimum Gasteiger partial charge on any atom is -0.481 e. The number of nitrogens with one attached hydrogen (secondary N) is 1. The Kier molecular flexibility index (Phi) is 4.72. The molecule has 2 N–H and O–H groups in total. The highest BCUT2D eigenvalue weighted by Crippen LogP contribution is 2.19. The standard InChI is InChI=1S/C12H16N2O3S/c1-12(2,3)11(17)14-8-4-5-9(13-6-8)18-7-10(15)16/h4-6H,7H2,1-3H3,(H,14,17)(H,15,16). The molecular formula is C12H16N2O3S. The summed E-state index contributed by atoms with van der Waals surface area (Å²) in [5.74, 6) is -0.997. The fourth-order valence-electron chi connectivity index (χ4n) is 0.994. The average Bonchev–Trinajstić information content (AvgIpc) is 2.26. The summed E-state index contributed by atoms with van der Waals surface area (Å²) in [5.41, 5.74) is 0.145. The Bertz CT molecular complexity index is 438. The van der Waals surface area contributed by atoms with Crippen molar-refractivity contribution < 1.29 is 14.7 Å². The smallest absolute Gasteiger partial charge is 0.313 e. The van der Waals surface area contributed by atoms with Gasteiger partial charge in [-0.3, -0.25) is 9.59 Å². The van der Waals surface area contributed by atoms with Gasteiger partial charge in [0.25, 0.3) is 0 Å². The van der Waals surface area contributed by atoms with E-state index >= 15 is 0 Å². The molecule has 6 heteroatoms. The molecule has 0 bridgehead atoms. The van der Waals surface area contributed by atoms with Gasteiger partial charge in [-0.05, 0) is 12.1 Å². The van der Waals surface area contributed by atoms with Crippen LogP contribution in [0, 0.1) is 5.41 Å². The minimum atomic E-state index is -0.882. The van der Waals surface area contributed by atoms with Crippen molar-refractivity contribution in [2.75, 3.05) is 11.1 Å². The largest absolute Gasteiger partial charge is 0.481 e. The first-order valence-electron chi connectivity index (χ1n) is 5.41. The molecule has 0 saturated heterocycles. The SMILES string of the molecule is CC(C)(C)C(=O)Nc1ccc(SCC(=O)O)nc1. The van der Waals surface area contributed by atoms with Crippen LogP contribution in [0.5, 0.6) is 0 Å². The first-order valence-corrected chi connectivity index (χ1v) is 6.39. The second-order valence-electron chi connectivity index (χ2n) is 4.77. The number of carbonyl (C=O) groups is 2. The summed E-state index contributed by atoms with van der Waals surface area (Å²) < 4.78 is 0. The van der Waals surface area contributed by atoms with E-state index in [4.69, 9.17) is 5.11 Å². The van der Waals surface area contributed by atoms with Crippen LogP contribution in [0.25, 0.3) is 0 Å². The molecule has 0 unspecified atom stereocenters. The molecule has 1 aromatic rings. The summed E-state index contributed by atoms with van der Waals surface area (Å²) >= 11 is 1.14. The van der Waals surface area contributed by atoms with E-state index < -0.39 is 11.4 Å². The lowest BCUT2D eigenvalue weighted by atomic mass is 9.96. The molecule has 5 nitrogen and oxygen atoms in total. The molecule has 0 aliphatic carbocycles. The monoisotopic (exact) mass is 268 g/mol. The molecule has 0 aliphatic heterocycles. The predicted octanol–water partition coefficient (Wildman–Crippen LogP) is 2.24. The molecule has 0 radical (unpaired) electrons. The molecule has 98 valence electrons.